The summed E-state index contributed by atoms with van der Waals surface area (Å²) in [6, 6.07) is 7.69. The number of aliphatic hydroxyl groups is 1. The summed E-state index contributed by atoms with van der Waals surface area (Å²) in [6.45, 7) is 7.69. The van der Waals surface area contributed by atoms with Gasteiger partial charge in [0.25, 0.3) is 0 Å². The Morgan fingerprint density at radius 2 is 2.04 bits per heavy atom. The molecule has 5 heteroatoms. The van der Waals surface area contributed by atoms with Crippen molar-refractivity contribution in [1.82, 2.24) is 9.88 Å². The number of nitrogens with one attached hydrogen (secondary N) is 1. The molecule has 4 nitrogen and oxygen atoms in total. The standard InChI is InChI=1S/C18H26ClN3O/c1-3-22(4-2)11-5-6-15(13-23)21-17-9-10-20-18-12-14(19)7-8-16(17)18/h7-10,12,15,23H,3-6,11,13H2,1-2H3,(H,20,21)/t15-/m1/s1. The van der Waals surface area contributed by atoms with Crippen LogP contribution in [0, 0.1) is 0 Å². The van der Waals surface area contributed by atoms with E-state index in [1.165, 1.54) is 0 Å². The Morgan fingerprint density at radius 3 is 2.74 bits per heavy atom. The predicted molar refractivity (Wildman–Crippen MR) is 98.3 cm³/mol. The molecule has 0 amide bonds. The molecule has 0 saturated carbocycles. The molecule has 2 aromatic rings. The fraction of sp³-hybridized carbons (Fsp3) is 0.500. The molecule has 23 heavy (non-hydrogen) atoms. The lowest BCUT2D eigenvalue weighted by Gasteiger charge is -2.22. The van der Waals surface area contributed by atoms with E-state index in [0.717, 1.165) is 49.1 Å². The van der Waals surface area contributed by atoms with Crippen LogP contribution in [-0.2, 0) is 0 Å². The Hall–Kier alpha value is -1.36. The van der Waals surface area contributed by atoms with Crippen molar-refractivity contribution in [1.29, 1.82) is 0 Å². The fourth-order valence-electron chi connectivity index (χ4n) is 2.78. The van der Waals surface area contributed by atoms with Gasteiger partial charge in [-0.2, -0.15) is 0 Å². The molecule has 0 unspecified atom stereocenters. The van der Waals surface area contributed by atoms with Crippen LogP contribution in [0.4, 0.5) is 5.69 Å². The van der Waals surface area contributed by atoms with Gasteiger partial charge in [-0.1, -0.05) is 25.4 Å². The average molecular weight is 336 g/mol. The molecule has 0 fully saturated rings. The monoisotopic (exact) mass is 335 g/mol. The first-order chi connectivity index (χ1) is 11.2. The van der Waals surface area contributed by atoms with E-state index < -0.39 is 0 Å². The molecular formula is C18H26ClN3O. The van der Waals surface area contributed by atoms with E-state index in [1.807, 2.05) is 24.3 Å². The van der Waals surface area contributed by atoms with Crippen molar-refractivity contribution < 1.29 is 5.11 Å². The van der Waals surface area contributed by atoms with Gasteiger partial charge < -0.3 is 15.3 Å². The van der Waals surface area contributed by atoms with Crippen LogP contribution in [0.3, 0.4) is 0 Å². The Bertz CT molecular complexity index is 616. The lowest BCUT2D eigenvalue weighted by molar-refractivity contribution is 0.253. The fourth-order valence-corrected chi connectivity index (χ4v) is 2.94. The summed E-state index contributed by atoms with van der Waals surface area (Å²) in [4.78, 5) is 6.75. The van der Waals surface area contributed by atoms with E-state index in [9.17, 15) is 5.11 Å². The number of aromatic nitrogens is 1. The first-order valence-electron chi connectivity index (χ1n) is 8.32. The molecule has 0 spiro atoms. The number of hydrogen-bond acceptors (Lipinski definition) is 4. The third-order valence-corrected chi connectivity index (χ3v) is 4.44. The number of benzene rings is 1. The molecule has 0 radical (unpaired) electrons. The van der Waals surface area contributed by atoms with E-state index in [-0.39, 0.29) is 12.6 Å². The van der Waals surface area contributed by atoms with Gasteiger partial charge in [-0.3, -0.25) is 4.98 Å². The van der Waals surface area contributed by atoms with Crippen molar-refractivity contribution in [2.45, 2.75) is 32.7 Å². The third-order valence-electron chi connectivity index (χ3n) is 4.21. The molecule has 0 aliphatic heterocycles. The van der Waals surface area contributed by atoms with Crippen LogP contribution in [0.5, 0.6) is 0 Å². The molecular weight excluding hydrogens is 310 g/mol. The van der Waals surface area contributed by atoms with Gasteiger partial charge >= 0.3 is 0 Å². The van der Waals surface area contributed by atoms with E-state index in [2.05, 4.69) is 29.0 Å². The van der Waals surface area contributed by atoms with Crippen molar-refractivity contribution in [3.63, 3.8) is 0 Å². The minimum Gasteiger partial charge on any atom is -0.394 e. The van der Waals surface area contributed by atoms with Crippen LogP contribution in [0.1, 0.15) is 26.7 Å². The Morgan fingerprint density at radius 1 is 1.26 bits per heavy atom. The lowest BCUT2D eigenvalue weighted by atomic mass is 10.1. The first-order valence-corrected chi connectivity index (χ1v) is 8.69. The van der Waals surface area contributed by atoms with Crippen LogP contribution in [0.25, 0.3) is 10.9 Å². The lowest BCUT2D eigenvalue weighted by Crippen LogP contribution is -2.28. The highest BCUT2D eigenvalue weighted by Gasteiger charge is 2.10. The summed E-state index contributed by atoms with van der Waals surface area (Å²) in [5.74, 6) is 0. The zero-order valence-corrected chi connectivity index (χ0v) is 14.7. The molecule has 0 saturated heterocycles. The Kier molecular flexibility index (Phi) is 7.09. The summed E-state index contributed by atoms with van der Waals surface area (Å²) in [6.07, 6.45) is 3.77. The second-order valence-corrected chi connectivity index (χ2v) is 6.15. The number of hydrogen-bond donors (Lipinski definition) is 2. The van der Waals surface area contributed by atoms with Gasteiger partial charge in [-0.15, -0.1) is 0 Å². The summed E-state index contributed by atoms with van der Waals surface area (Å²) in [7, 11) is 0. The minimum atomic E-state index is 0.0480. The zero-order valence-electron chi connectivity index (χ0n) is 13.9. The predicted octanol–water partition coefficient (Wildman–Crippen LogP) is 3.78. The van der Waals surface area contributed by atoms with Crippen LogP contribution in [0.15, 0.2) is 30.5 Å². The Balaban J connectivity index is 2.01. The molecule has 1 aromatic heterocycles. The average Bonchev–Trinajstić information content (AvgIpc) is 2.57. The van der Waals surface area contributed by atoms with E-state index >= 15 is 0 Å². The molecule has 2 rings (SSSR count). The van der Waals surface area contributed by atoms with Crippen molar-refractivity contribution in [2.24, 2.45) is 0 Å². The van der Waals surface area contributed by atoms with Gasteiger partial charge in [0.2, 0.25) is 0 Å². The zero-order chi connectivity index (χ0) is 16.7. The van der Waals surface area contributed by atoms with Gasteiger partial charge in [0, 0.05) is 28.3 Å². The molecule has 126 valence electrons. The number of halogens is 1. The van der Waals surface area contributed by atoms with Crippen LogP contribution in [0.2, 0.25) is 5.02 Å². The summed E-state index contributed by atoms with van der Waals surface area (Å²) in [5, 5.41) is 14.8. The van der Waals surface area contributed by atoms with E-state index in [0.29, 0.717) is 5.02 Å². The minimum absolute atomic E-state index is 0.0480. The van der Waals surface area contributed by atoms with Crippen molar-refractivity contribution in [2.75, 3.05) is 31.6 Å². The van der Waals surface area contributed by atoms with Gasteiger partial charge in [0.05, 0.1) is 12.1 Å². The topological polar surface area (TPSA) is 48.4 Å². The van der Waals surface area contributed by atoms with Crippen LogP contribution < -0.4 is 5.32 Å². The number of anilines is 1. The summed E-state index contributed by atoms with van der Waals surface area (Å²) < 4.78 is 0. The molecule has 1 heterocycles. The van der Waals surface area contributed by atoms with Gasteiger partial charge in [0.15, 0.2) is 0 Å². The second-order valence-electron chi connectivity index (χ2n) is 5.71. The summed E-state index contributed by atoms with van der Waals surface area (Å²) >= 11 is 6.02. The number of rotatable bonds is 9. The van der Waals surface area contributed by atoms with Gasteiger partial charge in [-0.25, -0.2) is 0 Å². The van der Waals surface area contributed by atoms with Crippen LogP contribution in [-0.4, -0.2) is 47.3 Å². The van der Waals surface area contributed by atoms with Crippen LogP contribution >= 0.6 is 11.6 Å². The van der Waals surface area contributed by atoms with Crippen molar-refractivity contribution in [3.8, 4) is 0 Å². The van der Waals surface area contributed by atoms with E-state index in [1.54, 1.807) is 6.20 Å². The molecule has 1 atom stereocenters. The molecule has 0 bridgehead atoms. The second kappa shape index (κ2) is 9.06. The number of pyridine rings is 1. The highest BCUT2D eigenvalue weighted by molar-refractivity contribution is 6.31. The SMILES string of the molecule is CCN(CC)CCC[C@H](CO)Nc1ccnc2cc(Cl)ccc12. The quantitative estimate of drug-likeness (QED) is 0.732. The van der Waals surface area contributed by atoms with Gasteiger partial charge in [-0.05, 0) is 56.7 Å². The molecule has 0 aliphatic rings. The first kappa shape index (κ1) is 18.0. The molecule has 2 N–H and O–H groups in total. The maximum Gasteiger partial charge on any atom is 0.0737 e. The number of nitrogens with zero attached hydrogens (tertiary/aromatic N) is 2. The van der Waals surface area contributed by atoms with Crippen molar-refractivity contribution >= 4 is 28.2 Å². The van der Waals surface area contributed by atoms with Crippen molar-refractivity contribution in [3.05, 3.63) is 35.5 Å². The van der Waals surface area contributed by atoms with Gasteiger partial charge in [0.1, 0.15) is 0 Å². The number of aliphatic hydroxyl groups excluding tert-OH is 1. The normalized spacial score (nSPS) is 12.7. The maximum absolute atomic E-state index is 9.67. The summed E-state index contributed by atoms with van der Waals surface area (Å²) in [5.41, 5.74) is 1.86. The highest BCUT2D eigenvalue weighted by Crippen LogP contribution is 2.25. The highest BCUT2D eigenvalue weighted by atomic mass is 35.5. The Labute approximate surface area is 143 Å². The molecule has 0 aliphatic carbocycles. The maximum atomic E-state index is 9.67. The van der Waals surface area contributed by atoms with E-state index in [4.69, 9.17) is 11.6 Å². The smallest absolute Gasteiger partial charge is 0.0737 e. The third kappa shape index (κ3) is 5.06. The molecule has 1 aromatic carbocycles. The largest absolute Gasteiger partial charge is 0.394 e. The number of fused-ring (bicyclic) bond motifs is 1.